The molecule has 1 aliphatic heterocycles. The van der Waals surface area contributed by atoms with Gasteiger partial charge in [-0.15, -0.1) is 17.0 Å². The minimum atomic E-state index is -0.937. The van der Waals surface area contributed by atoms with Gasteiger partial charge in [0.05, 0.1) is 25.1 Å². The van der Waals surface area contributed by atoms with E-state index in [9.17, 15) is 14.4 Å². The maximum absolute atomic E-state index is 13.4. The maximum atomic E-state index is 13.4. The summed E-state index contributed by atoms with van der Waals surface area (Å²) in [6.07, 6.45) is 1.34. The van der Waals surface area contributed by atoms with E-state index in [2.05, 4.69) is 10.3 Å². The van der Waals surface area contributed by atoms with Crippen molar-refractivity contribution in [2.24, 2.45) is 0 Å². The first-order chi connectivity index (χ1) is 19.4. The minimum absolute atomic E-state index is 0. The molecule has 0 radical (unpaired) electrons. The van der Waals surface area contributed by atoms with Crippen molar-refractivity contribution in [2.75, 3.05) is 20.2 Å². The summed E-state index contributed by atoms with van der Waals surface area (Å²) in [6, 6.07) is 11.9. The number of benzene rings is 2. The number of fused-ring (bicyclic) bond motifs is 1. The standard InChI is InChI=1S/C31H34N4O6.BrH/c1-6-40-26-13-20-16-35(29(32)21(20)14-22(26)30(39)33-5)17-24(36)19-8-9-25(23(12-19)31(2,3)4)41-27-10-7-18(15-34-27)11-28(37)38;/h7-10,12-15,32H,6,11,16-17H2,1-5H3,(H,33,39)(H,37,38);1H. The number of Topliss-reactive ketones (excluding diaryl/α,β-unsaturated/α-hetero) is 1. The number of pyridine rings is 1. The van der Waals surface area contributed by atoms with E-state index in [0.29, 0.717) is 52.8 Å². The molecule has 0 fully saturated rings. The molecule has 10 nitrogen and oxygen atoms in total. The van der Waals surface area contributed by atoms with E-state index in [1.165, 1.54) is 13.2 Å². The second kappa shape index (κ2) is 13.2. The highest BCUT2D eigenvalue weighted by molar-refractivity contribution is 8.93. The van der Waals surface area contributed by atoms with Crippen LogP contribution >= 0.6 is 17.0 Å². The molecule has 1 amide bonds. The third-order valence-corrected chi connectivity index (χ3v) is 6.72. The van der Waals surface area contributed by atoms with Crippen molar-refractivity contribution in [1.82, 2.24) is 15.2 Å². The van der Waals surface area contributed by atoms with Crippen molar-refractivity contribution >= 4 is 40.5 Å². The zero-order chi connectivity index (χ0) is 29.9. The third kappa shape index (κ3) is 7.14. The predicted octanol–water partition coefficient (Wildman–Crippen LogP) is 5.16. The number of ether oxygens (including phenoxy) is 2. The van der Waals surface area contributed by atoms with Crippen LogP contribution in [0.4, 0.5) is 0 Å². The molecule has 0 saturated carbocycles. The fourth-order valence-corrected chi connectivity index (χ4v) is 4.66. The second-order valence-corrected chi connectivity index (χ2v) is 10.8. The molecule has 0 saturated heterocycles. The van der Waals surface area contributed by atoms with Gasteiger partial charge in [0.15, 0.2) is 5.78 Å². The number of nitrogens with one attached hydrogen (secondary N) is 2. The van der Waals surface area contributed by atoms with Crippen LogP contribution in [0.25, 0.3) is 0 Å². The summed E-state index contributed by atoms with van der Waals surface area (Å²) in [6.45, 7) is 8.61. The summed E-state index contributed by atoms with van der Waals surface area (Å²) in [5.74, 6) is 0.0773. The summed E-state index contributed by atoms with van der Waals surface area (Å²) in [4.78, 5) is 42.7. The highest BCUT2D eigenvalue weighted by Gasteiger charge is 2.30. The van der Waals surface area contributed by atoms with Gasteiger partial charge in [-0.05, 0) is 53.8 Å². The van der Waals surface area contributed by atoms with Crippen LogP contribution in [0.1, 0.15) is 70.7 Å². The lowest BCUT2D eigenvalue weighted by atomic mass is 9.85. The number of carbonyl (C=O) groups is 3. The van der Waals surface area contributed by atoms with Gasteiger partial charge in [-0.2, -0.15) is 0 Å². The molecule has 3 N–H and O–H groups in total. The van der Waals surface area contributed by atoms with Gasteiger partial charge in [0.1, 0.15) is 17.3 Å². The number of carboxylic acids is 1. The van der Waals surface area contributed by atoms with Gasteiger partial charge >= 0.3 is 5.97 Å². The van der Waals surface area contributed by atoms with E-state index in [0.717, 1.165) is 11.1 Å². The first-order valence-corrected chi connectivity index (χ1v) is 13.3. The second-order valence-electron chi connectivity index (χ2n) is 10.8. The Morgan fingerprint density at radius 3 is 2.43 bits per heavy atom. The van der Waals surface area contributed by atoms with Crippen LogP contribution in [0, 0.1) is 5.41 Å². The van der Waals surface area contributed by atoms with E-state index in [4.69, 9.17) is 20.0 Å². The third-order valence-electron chi connectivity index (χ3n) is 6.72. The monoisotopic (exact) mass is 638 g/mol. The number of rotatable bonds is 10. The summed E-state index contributed by atoms with van der Waals surface area (Å²) >= 11 is 0. The van der Waals surface area contributed by atoms with Crippen LogP contribution in [0.2, 0.25) is 0 Å². The number of carbonyl (C=O) groups excluding carboxylic acids is 2. The highest BCUT2D eigenvalue weighted by Crippen LogP contribution is 2.35. The molecule has 1 aliphatic rings. The molecule has 1 aromatic heterocycles. The molecule has 2 heterocycles. The molecule has 2 aromatic carbocycles. The molecule has 0 bridgehead atoms. The summed E-state index contributed by atoms with van der Waals surface area (Å²) in [5, 5.41) is 20.3. The number of amides is 1. The predicted molar refractivity (Wildman–Crippen MR) is 164 cm³/mol. The molecular formula is C31H35BrN4O6. The van der Waals surface area contributed by atoms with Crippen LogP contribution in [0.15, 0.2) is 48.7 Å². The van der Waals surface area contributed by atoms with Crippen molar-refractivity contribution in [3.05, 3.63) is 82.0 Å². The minimum Gasteiger partial charge on any atom is -0.493 e. The number of aliphatic carboxylic acids is 1. The topological polar surface area (TPSA) is 142 Å². The number of nitrogens with zero attached hydrogens (tertiary/aromatic N) is 2. The van der Waals surface area contributed by atoms with Crippen LogP contribution in [-0.4, -0.2) is 58.7 Å². The molecule has 0 unspecified atom stereocenters. The van der Waals surface area contributed by atoms with Gasteiger partial charge in [-0.3, -0.25) is 19.8 Å². The number of amidine groups is 1. The van der Waals surface area contributed by atoms with Crippen molar-refractivity contribution < 1.29 is 29.0 Å². The number of hydrogen-bond donors (Lipinski definition) is 3. The van der Waals surface area contributed by atoms with Crippen molar-refractivity contribution in [3.63, 3.8) is 0 Å². The van der Waals surface area contributed by atoms with Crippen LogP contribution in [0.3, 0.4) is 0 Å². The molecule has 11 heteroatoms. The van der Waals surface area contributed by atoms with Gasteiger partial charge in [-0.1, -0.05) is 26.8 Å². The summed E-state index contributed by atoms with van der Waals surface area (Å²) in [5.41, 5.74) is 3.25. The fourth-order valence-electron chi connectivity index (χ4n) is 4.66. The zero-order valence-electron chi connectivity index (χ0n) is 24.2. The lowest BCUT2D eigenvalue weighted by Gasteiger charge is -2.24. The fraction of sp³-hybridized carbons (Fsp3) is 0.323. The lowest BCUT2D eigenvalue weighted by Crippen LogP contribution is -2.30. The number of hydrogen-bond acceptors (Lipinski definition) is 7. The maximum Gasteiger partial charge on any atom is 0.307 e. The van der Waals surface area contributed by atoms with Gasteiger partial charge in [0.2, 0.25) is 5.88 Å². The number of carboxylic acid groups (broad SMARTS) is 1. The van der Waals surface area contributed by atoms with Gasteiger partial charge in [0.25, 0.3) is 5.91 Å². The highest BCUT2D eigenvalue weighted by atomic mass is 79.9. The molecule has 0 aliphatic carbocycles. The SMILES string of the molecule is Br.CCOc1cc2c(cc1C(=O)NC)C(=N)N(CC(=O)c1ccc(Oc3ccc(CC(=O)O)cn3)c(C(C)(C)C)c1)C2. The van der Waals surface area contributed by atoms with Crippen molar-refractivity contribution in [1.29, 1.82) is 5.41 Å². The molecule has 42 heavy (non-hydrogen) atoms. The molecule has 0 spiro atoms. The van der Waals surface area contributed by atoms with Gasteiger partial charge in [0, 0.05) is 42.5 Å². The van der Waals surface area contributed by atoms with E-state index in [-0.39, 0.29) is 52.9 Å². The number of ketones is 1. The van der Waals surface area contributed by atoms with E-state index in [1.807, 2.05) is 27.7 Å². The largest absolute Gasteiger partial charge is 0.493 e. The number of aromatic nitrogens is 1. The summed E-state index contributed by atoms with van der Waals surface area (Å²) in [7, 11) is 1.54. The zero-order valence-corrected chi connectivity index (χ0v) is 26.0. The number of halogens is 1. The van der Waals surface area contributed by atoms with E-state index in [1.54, 1.807) is 47.4 Å². The average Bonchev–Trinajstić information content (AvgIpc) is 3.22. The van der Waals surface area contributed by atoms with Crippen LogP contribution in [-0.2, 0) is 23.2 Å². The Labute approximate surface area is 255 Å². The first-order valence-electron chi connectivity index (χ1n) is 13.3. The Morgan fingerprint density at radius 1 is 1.10 bits per heavy atom. The average molecular weight is 640 g/mol. The van der Waals surface area contributed by atoms with Gasteiger partial charge < -0.3 is 24.8 Å². The smallest absolute Gasteiger partial charge is 0.307 e. The van der Waals surface area contributed by atoms with Crippen molar-refractivity contribution in [3.8, 4) is 17.4 Å². The summed E-state index contributed by atoms with van der Waals surface area (Å²) < 4.78 is 11.7. The molecule has 4 rings (SSSR count). The van der Waals surface area contributed by atoms with E-state index >= 15 is 0 Å². The van der Waals surface area contributed by atoms with Gasteiger partial charge in [-0.25, -0.2) is 4.98 Å². The Morgan fingerprint density at radius 2 is 1.83 bits per heavy atom. The van der Waals surface area contributed by atoms with Crippen LogP contribution < -0.4 is 14.8 Å². The molecule has 0 atom stereocenters. The Balaban J connectivity index is 0.00000484. The lowest BCUT2D eigenvalue weighted by molar-refractivity contribution is -0.136. The Hall–Kier alpha value is -4.25. The Kier molecular flexibility index (Phi) is 10.1. The Bertz CT molecular complexity index is 1520. The normalized spacial score (nSPS) is 12.3. The van der Waals surface area contributed by atoms with Crippen LogP contribution in [0.5, 0.6) is 17.4 Å². The quantitative estimate of drug-likeness (QED) is 0.259. The molecular weight excluding hydrogens is 604 g/mol. The van der Waals surface area contributed by atoms with Crippen molar-refractivity contribution in [2.45, 2.75) is 46.1 Å². The molecule has 3 aromatic rings. The first kappa shape index (κ1) is 32.3. The van der Waals surface area contributed by atoms with E-state index < -0.39 is 5.97 Å². The molecule has 222 valence electrons.